The number of carbonyl (C=O) groups is 2. The number of nitrogens with one attached hydrogen (secondary N) is 2. The average Bonchev–Trinajstić information content (AvgIpc) is 3.24. The fraction of sp³-hybridized carbons (Fsp3) is 0.353. The molecule has 1 aliphatic heterocycles. The molecule has 2 amide bonds. The third-order valence-corrected chi connectivity index (χ3v) is 4.69. The van der Waals surface area contributed by atoms with Crippen LogP contribution in [-0.2, 0) is 4.74 Å². The second-order valence-electron chi connectivity index (χ2n) is 5.59. The van der Waals surface area contributed by atoms with Crippen LogP contribution in [0.1, 0.15) is 37.9 Å². The van der Waals surface area contributed by atoms with Gasteiger partial charge in [-0.1, -0.05) is 12.1 Å². The zero-order valence-electron chi connectivity index (χ0n) is 13.4. The molecular formula is C17H19N3O3S. The van der Waals surface area contributed by atoms with Crippen molar-refractivity contribution in [2.24, 2.45) is 0 Å². The van der Waals surface area contributed by atoms with Gasteiger partial charge >= 0.3 is 0 Å². The lowest BCUT2D eigenvalue weighted by molar-refractivity contribution is 0.0858. The van der Waals surface area contributed by atoms with E-state index in [9.17, 15) is 9.59 Å². The van der Waals surface area contributed by atoms with E-state index >= 15 is 0 Å². The lowest BCUT2D eigenvalue weighted by atomic mass is 10.1. The summed E-state index contributed by atoms with van der Waals surface area (Å²) in [5, 5.41) is 6.48. The molecule has 1 aromatic carbocycles. The van der Waals surface area contributed by atoms with E-state index in [0.717, 1.165) is 24.5 Å². The Balaban J connectivity index is 1.67. The van der Waals surface area contributed by atoms with Gasteiger partial charge in [-0.05, 0) is 31.9 Å². The minimum absolute atomic E-state index is 0.0795. The lowest BCUT2D eigenvalue weighted by Gasteiger charge is -2.13. The number of nitrogens with zero attached hydrogens (tertiary/aromatic N) is 1. The first-order chi connectivity index (χ1) is 11.6. The predicted molar refractivity (Wildman–Crippen MR) is 92.6 cm³/mol. The SMILES string of the molecule is Cc1ncc(C(=O)Nc2ccccc2C(=O)NC[C@@H]2CCCO2)s1. The number of ether oxygens (including phenoxy) is 1. The van der Waals surface area contributed by atoms with Gasteiger partial charge in [0, 0.05) is 13.2 Å². The van der Waals surface area contributed by atoms with E-state index in [1.54, 1.807) is 24.3 Å². The smallest absolute Gasteiger partial charge is 0.267 e. The fourth-order valence-electron chi connectivity index (χ4n) is 2.55. The first-order valence-corrected chi connectivity index (χ1v) is 8.68. The highest BCUT2D eigenvalue weighted by molar-refractivity contribution is 7.13. The number of aryl methyl sites for hydroxylation is 1. The molecule has 0 aliphatic carbocycles. The van der Waals surface area contributed by atoms with E-state index in [0.29, 0.717) is 22.7 Å². The molecule has 1 fully saturated rings. The van der Waals surface area contributed by atoms with Crippen LogP contribution in [0, 0.1) is 6.92 Å². The highest BCUT2D eigenvalue weighted by atomic mass is 32.1. The molecule has 24 heavy (non-hydrogen) atoms. The Hall–Kier alpha value is -2.25. The van der Waals surface area contributed by atoms with Gasteiger partial charge in [0.05, 0.1) is 28.6 Å². The molecule has 2 heterocycles. The largest absolute Gasteiger partial charge is 0.376 e. The van der Waals surface area contributed by atoms with Crippen molar-refractivity contribution < 1.29 is 14.3 Å². The van der Waals surface area contributed by atoms with Crippen LogP contribution in [-0.4, -0.2) is 36.1 Å². The maximum Gasteiger partial charge on any atom is 0.267 e. The summed E-state index contributed by atoms with van der Waals surface area (Å²) in [6.07, 6.45) is 3.61. The molecule has 0 bridgehead atoms. The Morgan fingerprint density at radius 1 is 1.33 bits per heavy atom. The molecular weight excluding hydrogens is 326 g/mol. The molecule has 3 rings (SSSR count). The van der Waals surface area contributed by atoms with Gasteiger partial charge in [-0.2, -0.15) is 0 Å². The minimum Gasteiger partial charge on any atom is -0.376 e. The summed E-state index contributed by atoms with van der Waals surface area (Å²) >= 11 is 1.32. The van der Waals surface area contributed by atoms with Crippen molar-refractivity contribution in [2.45, 2.75) is 25.9 Å². The highest BCUT2D eigenvalue weighted by Crippen LogP contribution is 2.19. The molecule has 0 saturated carbocycles. The zero-order chi connectivity index (χ0) is 16.9. The second-order valence-corrected chi connectivity index (χ2v) is 6.82. The fourth-order valence-corrected chi connectivity index (χ4v) is 3.22. The highest BCUT2D eigenvalue weighted by Gasteiger charge is 2.19. The topological polar surface area (TPSA) is 80.3 Å². The first kappa shape index (κ1) is 16.6. The number of rotatable bonds is 5. The normalized spacial score (nSPS) is 16.8. The maximum atomic E-state index is 12.4. The van der Waals surface area contributed by atoms with E-state index < -0.39 is 0 Å². The van der Waals surface area contributed by atoms with E-state index in [-0.39, 0.29) is 17.9 Å². The van der Waals surface area contributed by atoms with Gasteiger partial charge in [0.1, 0.15) is 4.88 Å². The number of thiazole rings is 1. The lowest BCUT2D eigenvalue weighted by Crippen LogP contribution is -2.32. The molecule has 1 atom stereocenters. The predicted octanol–water partition coefficient (Wildman–Crippen LogP) is 2.61. The number of anilines is 1. The van der Waals surface area contributed by atoms with Crippen molar-refractivity contribution in [2.75, 3.05) is 18.5 Å². The van der Waals surface area contributed by atoms with E-state index in [4.69, 9.17) is 4.74 Å². The van der Waals surface area contributed by atoms with Gasteiger partial charge in [0.15, 0.2) is 0 Å². The molecule has 0 radical (unpaired) electrons. The van der Waals surface area contributed by atoms with E-state index in [1.165, 1.54) is 17.5 Å². The number of hydrogen-bond donors (Lipinski definition) is 2. The molecule has 7 heteroatoms. The van der Waals surface area contributed by atoms with Gasteiger partial charge in [0.25, 0.3) is 11.8 Å². The van der Waals surface area contributed by atoms with Crippen LogP contribution in [0.4, 0.5) is 5.69 Å². The number of aromatic nitrogens is 1. The third kappa shape index (κ3) is 3.98. The molecule has 2 aromatic rings. The van der Waals surface area contributed by atoms with Crippen LogP contribution in [0.5, 0.6) is 0 Å². The Bertz CT molecular complexity index is 738. The van der Waals surface area contributed by atoms with Crippen LogP contribution in [0.2, 0.25) is 0 Å². The van der Waals surface area contributed by atoms with Crippen molar-refractivity contribution >= 4 is 28.8 Å². The van der Waals surface area contributed by atoms with Gasteiger partial charge in [0.2, 0.25) is 0 Å². The van der Waals surface area contributed by atoms with Gasteiger partial charge in [-0.25, -0.2) is 4.98 Å². The van der Waals surface area contributed by atoms with Crippen LogP contribution in [0.3, 0.4) is 0 Å². The molecule has 126 valence electrons. The summed E-state index contributed by atoms with van der Waals surface area (Å²) < 4.78 is 5.50. The Labute approximate surface area is 144 Å². The summed E-state index contributed by atoms with van der Waals surface area (Å²) in [5.41, 5.74) is 0.920. The molecule has 0 spiro atoms. The Morgan fingerprint density at radius 3 is 2.88 bits per heavy atom. The van der Waals surface area contributed by atoms with Crippen molar-refractivity contribution in [3.05, 3.63) is 45.9 Å². The number of para-hydroxylation sites is 1. The summed E-state index contributed by atoms with van der Waals surface area (Å²) in [6.45, 7) is 3.07. The number of amides is 2. The van der Waals surface area contributed by atoms with Crippen molar-refractivity contribution in [1.82, 2.24) is 10.3 Å². The number of benzene rings is 1. The molecule has 6 nitrogen and oxygen atoms in total. The minimum atomic E-state index is -0.264. The van der Waals surface area contributed by atoms with Crippen LogP contribution < -0.4 is 10.6 Å². The third-order valence-electron chi connectivity index (χ3n) is 3.78. The molecule has 1 aliphatic rings. The molecule has 1 saturated heterocycles. The van der Waals surface area contributed by atoms with Crippen LogP contribution in [0.25, 0.3) is 0 Å². The van der Waals surface area contributed by atoms with Gasteiger partial charge < -0.3 is 15.4 Å². The molecule has 1 aromatic heterocycles. The molecule has 2 N–H and O–H groups in total. The van der Waals surface area contributed by atoms with Crippen LogP contribution >= 0.6 is 11.3 Å². The first-order valence-electron chi connectivity index (χ1n) is 7.86. The second kappa shape index (κ2) is 7.55. The average molecular weight is 345 g/mol. The number of hydrogen-bond acceptors (Lipinski definition) is 5. The summed E-state index contributed by atoms with van der Waals surface area (Å²) in [5.74, 6) is -0.484. The van der Waals surface area contributed by atoms with E-state index in [2.05, 4.69) is 15.6 Å². The summed E-state index contributed by atoms with van der Waals surface area (Å²) in [4.78, 5) is 29.3. The van der Waals surface area contributed by atoms with Crippen molar-refractivity contribution in [3.63, 3.8) is 0 Å². The monoisotopic (exact) mass is 345 g/mol. The van der Waals surface area contributed by atoms with Crippen molar-refractivity contribution in [3.8, 4) is 0 Å². The standard InChI is InChI=1S/C17H19N3O3S/c1-11-18-10-15(24-11)17(22)20-14-7-3-2-6-13(14)16(21)19-9-12-5-4-8-23-12/h2-3,6-7,10,12H,4-5,8-9H2,1H3,(H,19,21)(H,20,22)/t12-/m0/s1. The quantitative estimate of drug-likeness (QED) is 0.873. The molecule has 0 unspecified atom stereocenters. The van der Waals surface area contributed by atoms with Gasteiger partial charge in [-0.3, -0.25) is 9.59 Å². The summed E-state index contributed by atoms with van der Waals surface area (Å²) in [6, 6.07) is 6.96. The Kier molecular flexibility index (Phi) is 5.22. The van der Waals surface area contributed by atoms with E-state index in [1.807, 2.05) is 6.92 Å². The summed E-state index contributed by atoms with van der Waals surface area (Å²) in [7, 11) is 0. The van der Waals surface area contributed by atoms with Gasteiger partial charge in [-0.15, -0.1) is 11.3 Å². The number of carbonyl (C=O) groups excluding carboxylic acids is 2. The van der Waals surface area contributed by atoms with Crippen LogP contribution in [0.15, 0.2) is 30.5 Å². The maximum absolute atomic E-state index is 12.4. The van der Waals surface area contributed by atoms with Crippen molar-refractivity contribution in [1.29, 1.82) is 0 Å². The zero-order valence-corrected chi connectivity index (χ0v) is 14.2. The Morgan fingerprint density at radius 2 is 2.17 bits per heavy atom.